The molecule has 0 aromatic heterocycles. The van der Waals surface area contributed by atoms with Crippen LogP contribution in [0.5, 0.6) is 0 Å². The minimum atomic E-state index is -5.14. The van der Waals surface area contributed by atoms with Crippen molar-refractivity contribution in [2.24, 2.45) is 0 Å². The molecule has 316 valence electrons. The third-order valence-electron chi connectivity index (χ3n) is 9.75. The van der Waals surface area contributed by atoms with Crippen molar-refractivity contribution in [1.82, 2.24) is 5.32 Å². The number of aliphatic hydroxyl groups excluding tert-OH is 7. The first-order valence-corrected chi connectivity index (χ1v) is 22.0. The maximum absolute atomic E-state index is 12.9. The lowest BCUT2D eigenvalue weighted by molar-refractivity contribution is -0.220. The zero-order valence-electron chi connectivity index (χ0n) is 32.9. The number of hydrogen-bond donors (Lipinski definition) is 9. The highest BCUT2D eigenvalue weighted by Gasteiger charge is 2.51. The molecule has 8 unspecified atom stereocenters. The second kappa shape index (κ2) is 30.6. The Bertz CT molecular complexity index is 1080. The second-order valence-electron chi connectivity index (χ2n) is 14.7. The summed E-state index contributed by atoms with van der Waals surface area (Å²) < 4.78 is 22.7. The van der Waals surface area contributed by atoms with Gasteiger partial charge in [0.05, 0.1) is 31.3 Å². The Kier molecular flexibility index (Phi) is 28.7. The summed E-state index contributed by atoms with van der Waals surface area (Å²) in [4.78, 5) is 23.3. The predicted molar refractivity (Wildman–Crippen MR) is 210 cm³/mol. The molecule has 9 N–H and O–H groups in total. The van der Waals surface area contributed by atoms with Crippen LogP contribution in [0.25, 0.3) is 0 Å². The van der Waals surface area contributed by atoms with E-state index in [1.165, 1.54) is 63.9 Å². The number of allylic oxidation sites excluding steroid dienone is 5. The molecule has 54 heavy (non-hydrogen) atoms. The normalized spacial score (nSPS) is 25.0. The number of carbonyl (C=O) groups excluding carboxylic acids is 1. The van der Waals surface area contributed by atoms with Crippen molar-refractivity contribution in [3.8, 4) is 0 Å². The largest absolute Gasteiger partial charge is 0.472 e. The SMILES string of the molecule is CCCCC/C=C\C=C/CCCCCCC(O)CC(=O)NC(COP(=O)(O)OC1C(O)C(O)C(O)C(O)C1O)C(O)/C=C/CCCCCCCCCCC. The maximum Gasteiger partial charge on any atom is 0.472 e. The molecule has 13 nitrogen and oxygen atoms in total. The third-order valence-corrected chi connectivity index (χ3v) is 10.7. The van der Waals surface area contributed by atoms with Gasteiger partial charge in [-0.2, -0.15) is 0 Å². The molecule has 0 saturated heterocycles. The van der Waals surface area contributed by atoms with Crippen LogP contribution in [0.1, 0.15) is 149 Å². The Labute approximate surface area is 324 Å². The monoisotopic (exact) mass is 791 g/mol. The second-order valence-corrected chi connectivity index (χ2v) is 16.1. The van der Waals surface area contributed by atoms with E-state index in [1.54, 1.807) is 6.08 Å². The first-order chi connectivity index (χ1) is 25.8. The van der Waals surface area contributed by atoms with Gasteiger partial charge in [-0.25, -0.2) is 4.57 Å². The summed E-state index contributed by atoms with van der Waals surface area (Å²) in [5.74, 6) is -0.609. The first-order valence-electron chi connectivity index (χ1n) is 20.5. The molecule has 0 aliphatic heterocycles. The third kappa shape index (κ3) is 22.9. The summed E-state index contributed by atoms with van der Waals surface area (Å²) in [6.45, 7) is 3.64. The van der Waals surface area contributed by atoms with E-state index in [-0.39, 0.29) is 6.42 Å². The van der Waals surface area contributed by atoms with Gasteiger partial charge in [-0.05, 0) is 44.9 Å². The fourth-order valence-electron chi connectivity index (χ4n) is 6.29. The van der Waals surface area contributed by atoms with Gasteiger partial charge in [0.2, 0.25) is 5.91 Å². The van der Waals surface area contributed by atoms with E-state index in [2.05, 4.69) is 43.5 Å². The van der Waals surface area contributed by atoms with E-state index in [1.807, 2.05) is 0 Å². The lowest BCUT2D eigenvalue weighted by atomic mass is 9.85. The van der Waals surface area contributed by atoms with Gasteiger partial charge >= 0.3 is 7.82 Å². The number of hydrogen-bond acceptors (Lipinski definition) is 11. The number of nitrogens with one attached hydrogen (secondary N) is 1. The molecule has 14 heteroatoms. The van der Waals surface area contributed by atoms with Crippen molar-refractivity contribution in [3.05, 3.63) is 36.5 Å². The summed E-state index contributed by atoms with van der Waals surface area (Å²) in [6, 6.07) is -1.24. The van der Waals surface area contributed by atoms with Gasteiger partial charge in [-0.3, -0.25) is 13.8 Å². The molecule has 0 aromatic rings. The fraction of sp³-hybridized carbons (Fsp3) is 0.825. The van der Waals surface area contributed by atoms with E-state index in [9.17, 15) is 50.0 Å². The summed E-state index contributed by atoms with van der Waals surface area (Å²) in [5, 5.41) is 74.1. The van der Waals surface area contributed by atoms with Crippen LogP contribution in [-0.4, -0.2) is 108 Å². The quantitative estimate of drug-likeness (QED) is 0.0180. The molecule has 1 saturated carbocycles. The van der Waals surface area contributed by atoms with Gasteiger partial charge in [-0.1, -0.05) is 134 Å². The summed E-state index contributed by atoms with van der Waals surface area (Å²) in [5.41, 5.74) is 0. The van der Waals surface area contributed by atoms with Crippen molar-refractivity contribution in [1.29, 1.82) is 0 Å². The number of phosphoric ester groups is 1. The Morgan fingerprint density at radius 1 is 0.667 bits per heavy atom. The van der Waals surface area contributed by atoms with Gasteiger partial charge < -0.3 is 46.0 Å². The average Bonchev–Trinajstić information content (AvgIpc) is 3.14. The number of aliphatic hydroxyl groups is 7. The van der Waals surface area contributed by atoms with Crippen molar-refractivity contribution in [2.75, 3.05) is 6.61 Å². The van der Waals surface area contributed by atoms with Crippen molar-refractivity contribution in [3.63, 3.8) is 0 Å². The first kappa shape index (κ1) is 50.5. The fourth-order valence-corrected chi connectivity index (χ4v) is 7.25. The zero-order chi connectivity index (χ0) is 40.2. The van der Waals surface area contributed by atoms with Crippen LogP contribution in [0.3, 0.4) is 0 Å². The topological polar surface area (TPSA) is 226 Å². The molecule has 0 heterocycles. The zero-order valence-corrected chi connectivity index (χ0v) is 33.8. The van der Waals surface area contributed by atoms with E-state index in [0.717, 1.165) is 57.8 Å². The van der Waals surface area contributed by atoms with Crippen LogP contribution in [-0.2, 0) is 18.4 Å². The van der Waals surface area contributed by atoms with Crippen LogP contribution in [0.15, 0.2) is 36.5 Å². The molecule has 1 aliphatic carbocycles. The molecule has 1 fully saturated rings. The molecule has 0 bridgehead atoms. The Morgan fingerprint density at radius 3 is 1.67 bits per heavy atom. The molecule has 1 amide bonds. The lowest BCUT2D eigenvalue weighted by Crippen LogP contribution is -2.64. The van der Waals surface area contributed by atoms with Crippen molar-refractivity contribution in [2.45, 2.75) is 204 Å². The van der Waals surface area contributed by atoms with Gasteiger partial charge in [0.15, 0.2) is 0 Å². The highest BCUT2D eigenvalue weighted by molar-refractivity contribution is 7.47. The van der Waals surface area contributed by atoms with Gasteiger partial charge in [0.1, 0.15) is 36.6 Å². The number of rotatable bonds is 32. The summed E-state index contributed by atoms with van der Waals surface area (Å²) >= 11 is 0. The van der Waals surface area contributed by atoms with Crippen LogP contribution in [0, 0.1) is 0 Å². The van der Waals surface area contributed by atoms with Crippen LogP contribution >= 0.6 is 7.82 Å². The van der Waals surface area contributed by atoms with E-state index >= 15 is 0 Å². The molecular weight excluding hydrogens is 717 g/mol. The Morgan fingerprint density at radius 2 is 1.11 bits per heavy atom. The Hall–Kier alpha value is -1.48. The lowest BCUT2D eigenvalue weighted by Gasteiger charge is -2.41. The molecule has 8 atom stereocenters. The van der Waals surface area contributed by atoms with Crippen molar-refractivity contribution < 1.29 is 59.0 Å². The number of amides is 1. The number of carbonyl (C=O) groups is 1. The van der Waals surface area contributed by atoms with Gasteiger partial charge in [0.25, 0.3) is 0 Å². The molecule has 0 radical (unpaired) electrons. The van der Waals surface area contributed by atoms with E-state index < -0.39 is 75.2 Å². The standard InChI is InChI=1S/C40H74NO12P/c1-3-5-7-9-11-13-15-16-18-19-21-23-25-27-31(42)29-34(44)41-32(33(43)28-26-24-22-20-17-14-12-10-8-6-4-2)30-52-54(50,51)53-40-38(48)36(46)35(45)37(47)39(40)49/h11,13,15-16,26,28,31-33,35-40,42-43,45-49H,3-10,12,14,17-25,27,29-30H2,1-2H3,(H,41,44)(H,50,51)/b13-11-,16-15-,28-26+. The molecule has 0 spiro atoms. The average molecular weight is 792 g/mol. The number of phosphoric acid groups is 1. The maximum atomic E-state index is 12.9. The highest BCUT2D eigenvalue weighted by atomic mass is 31.2. The minimum absolute atomic E-state index is 0.259. The molecule has 0 aromatic carbocycles. The van der Waals surface area contributed by atoms with E-state index in [0.29, 0.717) is 12.8 Å². The predicted octanol–water partition coefficient (Wildman–Crippen LogP) is 5.41. The van der Waals surface area contributed by atoms with Crippen LogP contribution < -0.4 is 5.32 Å². The molecule has 1 rings (SSSR count). The number of unbranched alkanes of at least 4 members (excludes halogenated alkanes) is 16. The van der Waals surface area contributed by atoms with Gasteiger partial charge in [0, 0.05) is 0 Å². The Balaban J connectivity index is 2.64. The minimum Gasteiger partial charge on any atom is -0.393 e. The van der Waals surface area contributed by atoms with Crippen LogP contribution in [0.2, 0.25) is 0 Å². The highest BCUT2D eigenvalue weighted by Crippen LogP contribution is 2.47. The van der Waals surface area contributed by atoms with E-state index in [4.69, 9.17) is 9.05 Å². The van der Waals surface area contributed by atoms with Crippen LogP contribution in [0.4, 0.5) is 0 Å². The summed E-state index contributed by atoms with van der Waals surface area (Å²) in [6.07, 6.45) is 18.2. The van der Waals surface area contributed by atoms with Crippen molar-refractivity contribution >= 4 is 13.7 Å². The molecular formula is C40H74NO12P. The smallest absolute Gasteiger partial charge is 0.393 e. The van der Waals surface area contributed by atoms with Gasteiger partial charge in [-0.15, -0.1) is 0 Å². The molecule has 1 aliphatic rings. The summed E-state index contributed by atoms with van der Waals surface area (Å²) in [7, 11) is -5.14.